The van der Waals surface area contributed by atoms with E-state index >= 15 is 0 Å². The Balaban J connectivity index is 0.00000225. The Morgan fingerprint density at radius 2 is 2.12 bits per heavy atom. The average molecular weight is 475 g/mol. The van der Waals surface area contributed by atoms with Crippen LogP contribution in [0.15, 0.2) is 29.3 Å². The molecule has 2 N–H and O–H groups in total. The summed E-state index contributed by atoms with van der Waals surface area (Å²) in [6, 6.07) is 8.93. The molecule has 0 radical (unpaired) electrons. The lowest BCUT2D eigenvalue weighted by atomic mass is 9.93. The number of guanidine groups is 1. The highest BCUT2D eigenvalue weighted by molar-refractivity contribution is 14.0. The first-order valence-corrected chi connectivity index (χ1v) is 10.3. The number of nitrogens with zero attached hydrogens (tertiary/aromatic N) is 1. The maximum absolute atomic E-state index is 5.76. The predicted octanol–water partition coefficient (Wildman–Crippen LogP) is 4.01. The average Bonchev–Trinajstić information content (AvgIpc) is 2.65. The molecule has 1 fully saturated rings. The molecule has 140 valence electrons. The van der Waals surface area contributed by atoms with E-state index < -0.39 is 0 Å². The Kier molecular flexibility index (Phi) is 8.69. The second-order valence-corrected chi connectivity index (χ2v) is 7.83. The molecule has 0 aromatic heterocycles. The van der Waals surface area contributed by atoms with Crippen LogP contribution in [0.25, 0.3) is 0 Å². The van der Waals surface area contributed by atoms with Gasteiger partial charge in [-0.15, -0.1) is 24.0 Å². The summed E-state index contributed by atoms with van der Waals surface area (Å²) in [6.07, 6.45) is 8.43. The summed E-state index contributed by atoms with van der Waals surface area (Å²) >= 11 is 2.00. The zero-order valence-corrected chi connectivity index (χ0v) is 18.3. The van der Waals surface area contributed by atoms with Crippen molar-refractivity contribution in [3.05, 3.63) is 29.8 Å². The predicted molar refractivity (Wildman–Crippen MR) is 119 cm³/mol. The van der Waals surface area contributed by atoms with Gasteiger partial charge in [0.15, 0.2) is 5.96 Å². The van der Waals surface area contributed by atoms with Gasteiger partial charge in [-0.1, -0.05) is 24.6 Å². The molecule has 6 heteroatoms. The molecule has 0 amide bonds. The Hall–Kier alpha value is -0.630. The van der Waals surface area contributed by atoms with E-state index in [1.54, 1.807) is 0 Å². The molecule has 2 aliphatic rings. The Bertz CT molecular complexity index is 569. The topological polar surface area (TPSA) is 45.7 Å². The van der Waals surface area contributed by atoms with Crippen molar-refractivity contribution in [3.63, 3.8) is 0 Å². The number of thioether (sulfide) groups is 1. The van der Waals surface area contributed by atoms with Crippen LogP contribution in [0.5, 0.6) is 5.75 Å². The Morgan fingerprint density at radius 1 is 1.28 bits per heavy atom. The van der Waals surface area contributed by atoms with Crippen LogP contribution in [0.2, 0.25) is 0 Å². The van der Waals surface area contributed by atoms with Gasteiger partial charge in [0.05, 0.1) is 6.61 Å². The van der Waals surface area contributed by atoms with E-state index in [9.17, 15) is 0 Å². The summed E-state index contributed by atoms with van der Waals surface area (Å²) in [4.78, 5) is 4.43. The van der Waals surface area contributed by atoms with Crippen LogP contribution in [0.3, 0.4) is 0 Å². The van der Waals surface area contributed by atoms with Crippen molar-refractivity contribution in [1.82, 2.24) is 10.6 Å². The molecule has 0 saturated heterocycles. The van der Waals surface area contributed by atoms with Crippen LogP contribution in [0.4, 0.5) is 0 Å². The van der Waals surface area contributed by atoms with Crippen LogP contribution in [-0.4, -0.2) is 43.7 Å². The normalized spacial score (nSPS) is 26.0. The lowest BCUT2D eigenvalue weighted by Gasteiger charge is -2.31. The number of para-hydroxylation sites is 1. The van der Waals surface area contributed by atoms with E-state index in [4.69, 9.17) is 4.74 Å². The molecule has 1 saturated carbocycles. The number of ether oxygens (including phenoxy) is 1. The van der Waals surface area contributed by atoms with Gasteiger partial charge in [-0.3, -0.25) is 4.99 Å². The molecule has 1 aromatic rings. The third-order valence-electron chi connectivity index (χ3n) is 5.12. The van der Waals surface area contributed by atoms with Crippen molar-refractivity contribution in [2.75, 3.05) is 26.5 Å². The summed E-state index contributed by atoms with van der Waals surface area (Å²) in [5.41, 5.74) is 1.31. The van der Waals surface area contributed by atoms with E-state index in [1.165, 1.54) is 31.2 Å². The zero-order valence-electron chi connectivity index (χ0n) is 15.2. The number of rotatable bonds is 4. The van der Waals surface area contributed by atoms with Gasteiger partial charge in [-0.05, 0) is 43.6 Å². The van der Waals surface area contributed by atoms with E-state index in [0.29, 0.717) is 12.0 Å². The van der Waals surface area contributed by atoms with Crippen molar-refractivity contribution >= 4 is 41.7 Å². The van der Waals surface area contributed by atoms with E-state index in [2.05, 4.69) is 40.1 Å². The van der Waals surface area contributed by atoms with Gasteiger partial charge in [-0.25, -0.2) is 0 Å². The first-order valence-electron chi connectivity index (χ1n) is 9.02. The van der Waals surface area contributed by atoms with Gasteiger partial charge >= 0.3 is 0 Å². The minimum atomic E-state index is 0. The van der Waals surface area contributed by atoms with E-state index in [0.717, 1.165) is 36.5 Å². The molecule has 0 bridgehead atoms. The number of aliphatic imine (C=N–C) groups is 1. The Morgan fingerprint density at radius 3 is 2.92 bits per heavy atom. The molecule has 4 nitrogen and oxygen atoms in total. The lowest BCUT2D eigenvalue weighted by molar-refractivity contribution is 0.267. The van der Waals surface area contributed by atoms with Gasteiger partial charge in [0, 0.05) is 30.8 Å². The summed E-state index contributed by atoms with van der Waals surface area (Å²) in [5.74, 6) is 2.46. The third kappa shape index (κ3) is 5.67. The van der Waals surface area contributed by atoms with Gasteiger partial charge in [0.25, 0.3) is 0 Å². The molecule has 0 spiro atoms. The summed E-state index contributed by atoms with van der Waals surface area (Å²) in [5, 5.41) is 7.95. The Labute approximate surface area is 173 Å². The fourth-order valence-electron chi connectivity index (χ4n) is 3.73. The van der Waals surface area contributed by atoms with Crippen molar-refractivity contribution in [1.29, 1.82) is 0 Å². The fourth-order valence-corrected chi connectivity index (χ4v) is 4.55. The molecule has 1 aliphatic carbocycles. The van der Waals surface area contributed by atoms with Crippen molar-refractivity contribution in [2.45, 2.75) is 49.3 Å². The molecule has 1 aromatic carbocycles. The molecular weight excluding hydrogens is 445 g/mol. The van der Waals surface area contributed by atoms with Crippen molar-refractivity contribution < 1.29 is 4.74 Å². The van der Waals surface area contributed by atoms with Crippen LogP contribution in [0, 0.1) is 0 Å². The van der Waals surface area contributed by atoms with E-state index in [-0.39, 0.29) is 24.0 Å². The SMILES string of the molecule is CN=C(NCC1CCOc2ccccc21)NC1CCCC(SC)C1.I. The summed E-state index contributed by atoms with van der Waals surface area (Å²) < 4.78 is 5.76. The molecular formula is C19H30IN3OS. The summed E-state index contributed by atoms with van der Waals surface area (Å²) in [6.45, 7) is 1.70. The highest BCUT2D eigenvalue weighted by Gasteiger charge is 2.23. The quantitative estimate of drug-likeness (QED) is 0.393. The maximum Gasteiger partial charge on any atom is 0.191 e. The largest absolute Gasteiger partial charge is 0.493 e. The molecule has 3 rings (SSSR count). The standard InChI is InChI=1S/C19H29N3OS.HI/c1-20-19(22-15-6-5-7-16(12-15)24-2)21-13-14-10-11-23-18-9-4-3-8-17(14)18;/h3-4,8-9,14-16H,5-7,10-13H2,1-2H3,(H2,20,21,22);1H. The van der Waals surface area contributed by atoms with Crippen LogP contribution in [0.1, 0.15) is 43.6 Å². The molecule has 3 atom stereocenters. The second kappa shape index (κ2) is 10.5. The first-order chi connectivity index (χ1) is 11.8. The number of halogens is 1. The summed E-state index contributed by atoms with van der Waals surface area (Å²) in [7, 11) is 1.86. The smallest absolute Gasteiger partial charge is 0.191 e. The van der Waals surface area contributed by atoms with Gasteiger partial charge in [0.1, 0.15) is 5.75 Å². The highest BCUT2D eigenvalue weighted by Crippen LogP contribution is 2.32. The van der Waals surface area contributed by atoms with Gasteiger partial charge in [-0.2, -0.15) is 11.8 Å². The zero-order chi connectivity index (χ0) is 16.8. The van der Waals surface area contributed by atoms with Crippen LogP contribution >= 0.6 is 35.7 Å². The molecule has 1 aliphatic heterocycles. The van der Waals surface area contributed by atoms with Gasteiger partial charge in [0.2, 0.25) is 0 Å². The van der Waals surface area contributed by atoms with Crippen LogP contribution < -0.4 is 15.4 Å². The number of hydrogen-bond donors (Lipinski definition) is 2. The van der Waals surface area contributed by atoms with E-state index in [1.807, 2.05) is 24.9 Å². The van der Waals surface area contributed by atoms with Crippen LogP contribution in [-0.2, 0) is 0 Å². The lowest BCUT2D eigenvalue weighted by Crippen LogP contribution is -2.46. The minimum absolute atomic E-state index is 0. The molecule has 25 heavy (non-hydrogen) atoms. The monoisotopic (exact) mass is 475 g/mol. The minimum Gasteiger partial charge on any atom is -0.493 e. The number of hydrogen-bond acceptors (Lipinski definition) is 3. The number of nitrogens with one attached hydrogen (secondary N) is 2. The number of benzene rings is 1. The highest BCUT2D eigenvalue weighted by atomic mass is 127. The van der Waals surface area contributed by atoms with Crippen molar-refractivity contribution in [2.24, 2.45) is 4.99 Å². The number of fused-ring (bicyclic) bond motifs is 1. The first kappa shape index (κ1) is 20.7. The van der Waals surface area contributed by atoms with Gasteiger partial charge < -0.3 is 15.4 Å². The van der Waals surface area contributed by atoms with Crippen molar-refractivity contribution in [3.8, 4) is 5.75 Å². The fraction of sp³-hybridized carbons (Fsp3) is 0.632. The molecule has 1 heterocycles. The molecule has 3 unspecified atom stereocenters. The second-order valence-electron chi connectivity index (χ2n) is 6.69. The maximum atomic E-state index is 5.76. The third-order valence-corrected chi connectivity index (χ3v) is 6.22.